The van der Waals surface area contributed by atoms with Crippen LogP contribution in [0.4, 0.5) is 0 Å². The maximum Gasteiger partial charge on any atom is 0.201 e. The summed E-state index contributed by atoms with van der Waals surface area (Å²) in [5, 5.41) is 9.28. The van der Waals surface area contributed by atoms with Crippen molar-refractivity contribution >= 4 is 26.9 Å². The highest BCUT2D eigenvalue weighted by Crippen LogP contribution is 2.41. The van der Waals surface area contributed by atoms with E-state index in [1.54, 1.807) is 12.1 Å². The summed E-state index contributed by atoms with van der Waals surface area (Å²) in [6.07, 6.45) is 3.09. The molecule has 0 unspecified atom stereocenters. The second-order valence-corrected chi connectivity index (χ2v) is 9.08. The lowest BCUT2D eigenvalue weighted by Crippen LogP contribution is -2.43. The van der Waals surface area contributed by atoms with Crippen LogP contribution in [0.25, 0.3) is 33.4 Å². The SMILES string of the molecule is N#CCOc1ccc2c(=O)c(-c3ccc(C4(N)CCC4)cc3)c(-c3ccccc3)oc2c1Br. The zero-order valence-electron chi connectivity index (χ0n) is 17.8. The molecule has 5 nitrogen and oxygen atoms in total. The quantitative estimate of drug-likeness (QED) is 0.355. The average molecular weight is 501 g/mol. The van der Waals surface area contributed by atoms with E-state index < -0.39 is 0 Å². The van der Waals surface area contributed by atoms with E-state index in [0.29, 0.717) is 32.5 Å². The summed E-state index contributed by atoms with van der Waals surface area (Å²) in [7, 11) is 0. The van der Waals surface area contributed by atoms with Crippen LogP contribution in [0.1, 0.15) is 24.8 Å². The Labute approximate surface area is 199 Å². The molecule has 3 aromatic carbocycles. The van der Waals surface area contributed by atoms with Gasteiger partial charge in [0.2, 0.25) is 5.43 Å². The van der Waals surface area contributed by atoms with Gasteiger partial charge >= 0.3 is 0 Å². The number of ether oxygens (including phenoxy) is 1. The van der Waals surface area contributed by atoms with Gasteiger partial charge in [-0.25, -0.2) is 0 Å². The van der Waals surface area contributed by atoms with Gasteiger partial charge in [0.05, 0.1) is 10.9 Å². The van der Waals surface area contributed by atoms with E-state index in [0.717, 1.165) is 36.0 Å². The molecule has 0 amide bonds. The Kier molecular flexibility index (Phi) is 5.53. The summed E-state index contributed by atoms with van der Waals surface area (Å²) in [5.74, 6) is 0.919. The Bertz CT molecular complexity index is 1430. The number of nitrogens with zero attached hydrogens (tertiary/aromatic N) is 1. The smallest absolute Gasteiger partial charge is 0.201 e. The van der Waals surface area contributed by atoms with Gasteiger partial charge in [-0.1, -0.05) is 54.6 Å². The summed E-state index contributed by atoms with van der Waals surface area (Å²) in [6, 6.07) is 22.8. The lowest BCUT2D eigenvalue weighted by atomic mass is 9.72. The van der Waals surface area contributed by atoms with Crippen molar-refractivity contribution < 1.29 is 9.15 Å². The Morgan fingerprint density at radius 2 is 1.76 bits per heavy atom. The molecule has 1 aromatic heterocycles. The molecule has 5 rings (SSSR count). The van der Waals surface area contributed by atoms with Gasteiger partial charge in [-0.3, -0.25) is 4.79 Å². The molecule has 33 heavy (non-hydrogen) atoms. The van der Waals surface area contributed by atoms with Crippen molar-refractivity contribution in [3.05, 3.63) is 87.0 Å². The summed E-state index contributed by atoms with van der Waals surface area (Å²) >= 11 is 3.50. The van der Waals surface area contributed by atoms with E-state index in [9.17, 15) is 4.79 Å². The predicted molar refractivity (Wildman–Crippen MR) is 132 cm³/mol. The third kappa shape index (κ3) is 3.74. The number of rotatable bonds is 5. The van der Waals surface area contributed by atoms with Crippen molar-refractivity contribution in [2.75, 3.05) is 6.61 Å². The van der Waals surface area contributed by atoms with Gasteiger partial charge in [-0.2, -0.15) is 5.26 Å². The highest BCUT2D eigenvalue weighted by molar-refractivity contribution is 9.10. The van der Waals surface area contributed by atoms with Gasteiger partial charge < -0.3 is 14.9 Å². The zero-order chi connectivity index (χ0) is 23.0. The Morgan fingerprint density at radius 1 is 1.03 bits per heavy atom. The summed E-state index contributed by atoms with van der Waals surface area (Å²) in [6.45, 7) is -0.104. The van der Waals surface area contributed by atoms with Crippen LogP contribution in [-0.4, -0.2) is 6.61 Å². The van der Waals surface area contributed by atoms with Crippen LogP contribution in [0.2, 0.25) is 0 Å². The summed E-state index contributed by atoms with van der Waals surface area (Å²) in [4.78, 5) is 13.8. The van der Waals surface area contributed by atoms with Crippen molar-refractivity contribution in [1.29, 1.82) is 5.26 Å². The van der Waals surface area contributed by atoms with Crippen molar-refractivity contribution in [2.24, 2.45) is 5.73 Å². The van der Waals surface area contributed by atoms with E-state index in [1.807, 2.05) is 60.7 Å². The molecule has 1 saturated carbocycles. The topological polar surface area (TPSA) is 89.2 Å². The van der Waals surface area contributed by atoms with Crippen LogP contribution in [-0.2, 0) is 5.54 Å². The minimum absolute atomic E-state index is 0.104. The molecule has 0 atom stereocenters. The molecular formula is C27H21BrN2O3. The first-order chi connectivity index (χ1) is 16.0. The first-order valence-corrected chi connectivity index (χ1v) is 11.6. The molecule has 4 aromatic rings. The standard InChI is InChI=1S/C27H21BrN2O3/c28-23-21(32-16-15-29)12-11-20-24(31)22(25(33-26(20)23)18-5-2-1-3-6-18)17-7-9-19(10-8-17)27(30)13-4-14-27/h1-3,5-12H,4,13-14,16,30H2. The van der Waals surface area contributed by atoms with Crippen LogP contribution in [0.3, 0.4) is 0 Å². The van der Waals surface area contributed by atoms with Crippen LogP contribution < -0.4 is 15.9 Å². The number of nitriles is 1. The lowest BCUT2D eigenvalue weighted by molar-refractivity contribution is 0.253. The Hall–Kier alpha value is -3.40. The second-order valence-electron chi connectivity index (χ2n) is 8.29. The van der Waals surface area contributed by atoms with E-state index in [4.69, 9.17) is 20.1 Å². The number of hydrogen-bond donors (Lipinski definition) is 1. The van der Waals surface area contributed by atoms with Crippen LogP contribution >= 0.6 is 15.9 Å². The first kappa shape index (κ1) is 21.4. The fraction of sp³-hybridized carbons (Fsp3) is 0.185. The molecule has 0 saturated heterocycles. The monoisotopic (exact) mass is 500 g/mol. The Morgan fingerprint density at radius 3 is 2.39 bits per heavy atom. The molecule has 164 valence electrons. The molecule has 1 fully saturated rings. The van der Waals surface area contributed by atoms with Gasteiger partial charge in [0.15, 0.2) is 12.2 Å². The number of halogens is 1. The van der Waals surface area contributed by atoms with Crippen LogP contribution in [0, 0.1) is 11.3 Å². The molecule has 6 heteroatoms. The maximum atomic E-state index is 13.8. The number of benzene rings is 3. The normalized spacial score (nSPS) is 14.5. The lowest BCUT2D eigenvalue weighted by Gasteiger charge is -2.38. The van der Waals surface area contributed by atoms with E-state index in [2.05, 4.69) is 15.9 Å². The van der Waals surface area contributed by atoms with Crippen molar-refractivity contribution in [2.45, 2.75) is 24.8 Å². The van der Waals surface area contributed by atoms with Crippen LogP contribution in [0.15, 0.2) is 80.4 Å². The number of nitrogens with two attached hydrogens (primary N) is 1. The zero-order valence-corrected chi connectivity index (χ0v) is 19.4. The van der Waals surface area contributed by atoms with E-state index >= 15 is 0 Å². The largest absolute Gasteiger partial charge is 0.477 e. The van der Waals surface area contributed by atoms with Gasteiger partial charge in [0.25, 0.3) is 0 Å². The molecule has 0 aliphatic heterocycles. The van der Waals surface area contributed by atoms with Crippen LogP contribution in [0.5, 0.6) is 5.75 Å². The molecule has 0 radical (unpaired) electrons. The van der Waals surface area contributed by atoms with Gasteiger partial charge in [0.1, 0.15) is 22.1 Å². The number of hydrogen-bond acceptors (Lipinski definition) is 5. The molecule has 0 spiro atoms. The first-order valence-electron chi connectivity index (χ1n) is 10.8. The number of fused-ring (bicyclic) bond motifs is 1. The van der Waals surface area contributed by atoms with Crippen molar-refractivity contribution in [3.63, 3.8) is 0 Å². The summed E-state index contributed by atoms with van der Waals surface area (Å²) < 4.78 is 12.3. The predicted octanol–water partition coefficient (Wildman–Crippen LogP) is 6.13. The second kappa shape index (κ2) is 8.51. The maximum absolute atomic E-state index is 13.8. The van der Waals surface area contributed by atoms with E-state index in [-0.39, 0.29) is 17.6 Å². The van der Waals surface area contributed by atoms with Gasteiger partial charge in [-0.05, 0) is 58.5 Å². The molecule has 1 aliphatic rings. The molecule has 1 aliphatic carbocycles. The van der Waals surface area contributed by atoms with Gasteiger partial charge in [0, 0.05) is 11.1 Å². The molecule has 2 N–H and O–H groups in total. The van der Waals surface area contributed by atoms with E-state index in [1.165, 1.54) is 0 Å². The molecular weight excluding hydrogens is 480 g/mol. The van der Waals surface area contributed by atoms with Gasteiger partial charge in [-0.15, -0.1) is 0 Å². The minimum Gasteiger partial charge on any atom is -0.477 e. The third-order valence-corrected chi connectivity index (χ3v) is 7.04. The fourth-order valence-corrected chi connectivity index (χ4v) is 4.84. The van der Waals surface area contributed by atoms with Crippen molar-refractivity contribution in [3.8, 4) is 34.3 Å². The summed E-state index contributed by atoms with van der Waals surface area (Å²) in [5.41, 5.74) is 9.62. The molecule has 1 heterocycles. The highest BCUT2D eigenvalue weighted by Gasteiger charge is 2.34. The fourth-order valence-electron chi connectivity index (χ4n) is 4.30. The Balaban J connectivity index is 1.73. The molecule has 0 bridgehead atoms. The van der Waals surface area contributed by atoms with Crippen molar-refractivity contribution in [1.82, 2.24) is 0 Å². The minimum atomic E-state index is -0.264. The highest BCUT2D eigenvalue weighted by atomic mass is 79.9. The third-order valence-electron chi connectivity index (χ3n) is 6.29. The average Bonchev–Trinajstić information content (AvgIpc) is 2.83.